The Balaban J connectivity index is 1.73. The van der Waals surface area contributed by atoms with Crippen molar-refractivity contribution < 1.29 is 0 Å². The van der Waals surface area contributed by atoms with Crippen molar-refractivity contribution in [3.05, 3.63) is 91.4 Å². The molecule has 0 unspecified atom stereocenters. The molecule has 2 aromatic heterocycles. The van der Waals surface area contributed by atoms with E-state index in [1.807, 2.05) is 25.1 Å². The molecule has 29 heavy (non-hydrogen) atoms. The highest BCUT2D eigenvalue weighted by atomic mass is 35.5. The van der Waals surface area contributed by atoms with Gasteiger partial charge in [0.1, 0.15) is 0 Å². The van der Waals surface area contributed by atoms with Gasteiger partial charge in [0.25, 0.3) is 5.56 Å². The Morgan fingerprint density at radius 2 is 1.86 bits per heavy atom. The third-order valence-electron chi connectivity index (χ3n) is 4.80. The Morgan fingerprint density at radius 1 is 1.10 bits per heavy atom. The molecular formula is C22H16Cl2N4O. The monoisotopic (exact) mass is 422 g/mol. The van der Waals surface area contributed by atoms with Gasteiger partial charge in [0.05, 0.1) is 16.7 Å². The van der Waals surface area contributed by atoms with Crippen molar-refractivity contribution in [2.75, 3.05) is 0 Å². The number of nitrogens with zero attached hydrogens (tertiary/aromatic N) is 3. The van der Waals surface area contributed by atoms with Crippen molar-refractivity contribution in [3.63, 3.8) is 0 Å². The van der Waals surface area contributed by atoms with E-state index in [4.69, 9.17) is 33.4 Å². The number of halogens is 2. The number of aromatic nitrogens is 3. The van der Waals surface area contributed by atoms with Gasteiger partial charge in [0.2, 0.25) is 0 Å². The van der Waals surface area contributed by atoms with Crippen LogP contribution in [0.2, 0.25) is 10.0 Å². The van der Waals surface area contributed by atoms with Crippen LogP contribution in [0.3, 0.4) is 0 Å². The van der Waals surface area contributed by atoms with Gasteiger partial charge in [-0.15, -0.1) is 0 Å². The van der Waals surface area contributed by atoms with Crippen LogP contribution in [0.5, 0.6) is 0 Å². The Labute approximate surface area is 177 Å². The highest BCUT2D eigenvalue weighted by Gasteiger charge is 2.17. The molecule has 0 saturated carbocycles. The van der Waals surface area contributed by atoms with E-state index < -0.39 is 0 Å². The molecule has 2 aromatic carbocycles. The lowest BCUT2D eigenvalue weighted by molar-refractivity contribution is 0.843. The fourth-order valence-electron chi connectivity index (χ4n) is 3.36. The average molecular weight is 423 g/mol. The third kappa shape index (κ3) is 3.77. The molecular weight excluding hydrogens is 407 g/mol. The predicted octanol–water partition coefficient (Wildman–Crippen LogP) is 4.96. The second-order valence-electron chi connectivity index (χ2n) is 6.79. The Morgan fingerprint density at radius 3 is 2.55 bits per heavy atom. The van der Waals surface area contributed by atoms with Crippen molar-refractivity contribution in [2.24, 2.45) is 0 Å². The number of fused-ring (bicyclic) bond motifs is 1. The zero-order valence-corrected chi connectivity index (χ0v) is 17.1. The average Bonchev–Trinajstić information content (AvgIpc) is 3.03. The Kier molecular flexibility index (Phi) is 5.14. The molecule has 0 aliphatic heterocycles. The normalized spacial score (nSPS) is 11.0. The summed E-state index contributed by atoms with van der Waals surface area (Å²) in [6.45, 7) is 1.88. The number of H-pyrrole nitrogens is 1. The first-order chi connectivity index (χ1) is 14.0. The molecule has 4 rings (SSSR count). The summed E-state index contributed by atoms with van der Waals surface area (Å²) in [5.74, 6) is 0. The van der Waals surface area contributed by atoms with E-state index in [0.717, 1.165) is 28.8 Å². The van der Waals surface area contributed by atoms with Crippen molar-refractivity contribution in [1.29, 1.82) is 5.26 Å². The molecule has 0 bridgehead atoms. The van der Waals surface area contributed by atoms with E-state index in [9.17, 15) is 4.79 Å². The zero-order chi connectivity index (χ0) is 20.5. The molecule has 0 fully saturated rings. The van der Waals surface area contributed by atoms with Crippen LogP contribution in [0.25, 0.3) is 16.8 Å². The van der Waals surface area contributed by atoms with E-state index >= 15 is 0 Å². The van der Waals surface area contributed by atoms with Crippen LogP contribution < -0.4 is 5.56 Å². The molecule has 1 N–H and O–H groups in total. The summed E-state index contributed by atoms with van der Waals surface area (Å²) in [6.07, 6.45) is 1.32. The summed E-state index contributed by atoms with van der Waals surface area (Å²) in [4.78, 5) is 17.4. The third-order valence-corrected chi connectivity index (χ3v) is 5.35. The topological polar surface area (TPSA) is 73.9 Å². The number of nitriles is 1. The molecule has 0 atom stereocenters. The molecule has 0 amide bonds. The number of aryl methyl sites for hydroxylation is 3. The van der Waals surface area contributed by atoms with Crippen LogP contribution in [0, 0.1) is 18.3 Å². The van der Waals surface area contributed by atoms with Gasteiger partial charge in [-0.05, 0) is 49.6 Å². The van der Waals surface area contributed by atoms with E-state index in [2.05, 4.69) is 11.2 Å². The molecule has 7 heteroatoms. The lowest BCUT2D eigenvalue weighted by Gasteiger charge is -2.06. The minimum Gasteiger partial charge on any atom is -0.293 e. The van der Waals surface area contributed by atoms with Gasteiger partial charge < -0.3 is 0 Å². The minimum atomic E-state index is -0.177. The van der Waals surface area contributed by atoms with Crippen molar-refractivity contribution >= 4 is 28.8 Å². The van der Waals surface area contributed by atoms with Gasteiger partial charge in [0.15, 0.2) is 5.65 Å². The van der Waals surface area contributed by atoms with Gasteiger partial charge in [-0.3, -0.25) is 9.89 Å². The molecule has 0 spiro atoms. The first-order valence-electron chi connectivity index (χ1n) is 9.02. The first kappa shape index (κ1) is 19.3. The van der Waals surface area contributed by atoms with E-state index in [-0.39, 0.29) is 5.56 Å². The Hall–Kier alpha value is -3.07. The quantitative estimate of drug-likeness (QED) is 0.504. The van der Waals surface area contributed by atoms with Crippen molar-refractivity contribution in [2.45, 2.75) is 19.8 Å². The standard InChI is InChI=1S/C22H16Cl2N4O/c1-13-21(18-9-7-16(23)10-19(18)24)22-26-17(11-20(29)28(22)27-13)8-6-14-2-4-15(12-25)5-3-14/h2-5,7,9-11,27H,6,8H2,1H3. The number of benzene rings is 2. The number of nitrogens with one attached hydrogen (secondary N) is 1. The summed E-state index contributed by atoms with van der Waals surface area (Å²) in [5.41, 5.74) is 5.11. The molecule has 5 nitrogen and oxygen atoms in total. The molecule has 4 aromatic rings. The fourth-order valence-corrected chi connectivity index (χ4v) is 3.86. The molecule has 0 saturated heterocycles. The van der Waals surface area contributed by atoms with Gasteiger partial charge in [0, 0.05) is 33.6 Å². The lowest BCUT2D eigenvalue weighted by Crippen LogP contribution is -2.16. The summed E-state index contributed by atoms with van der Waals surface area (Å²) in [7, 11) is 0. The van der Waals surface area contributed by atoms with Crippen LogP contribution in [0.4, 0.5) is 0 Å². The van der Waals surface area contributed by atoms with Crippen LogP contribution in [-0.4, -0.2) is 14.6 Å². The second-order valence-corrected chi connectivity index (χ2v) is 7.63. The fraction of sp³-hybridized carbons (Fsp3) is 0.136. The van der Waals surface area contributed by atoms with Gasteiger partial charge in [-0.25, -0.2) is 9.50 Å². The SMILES string of the molecule is Cc1[nH]n2c(=O)cc(CCc3ccc(C#N)cc3)nc2c1-c1ccc(Cl)cc1Cl. The van der Waals surface area contributed by atoms with Crippen molar-refractivity contribution in [1.82, 2.24) is 14.6 Å². The summed E-state index contributed by atoms with van der Waals surface area (Å²) < 4.78 is 1.43. The lowest BCUT2D eigenvalue weighted by atomic mass is 10.1. The van der Waals surface area contributed by atoms with Gasteiger partial charge >= 0.3 is 0 Å². The number of aromatic amines is 1. The van der Waals surface area contributed by atoms with Crippen LogP contribution in [-0.2, 0) is 12.8 Å². The van der Waals surface area contributed by atoms with E-state index in [0.29, 0.717) is 33.4 Å². The maximum atomic E-state index is 12.6. The first-order valence-corrected chi connectivity index (χ1v) is 9.77. The maximum absolute atomic E-state index is 12.6. The Bertz CT molecular complexity index is 1310. The predicted molar refractivity (Wildman–Crippen MR) is 115 cm³/mol. The molecule has 2 heterocycles. The van der Waals surface area contributed by atoms with E-state index in [1.54, 1.807) is 30.3 Å². The zero-order valence-electron chi connectivity index (χ0n) is 15.5. The van der Waals surface area contributed by atoms with Gasteiger partial charge in [-0.1, -0.05) is 41.4 Å². The number of rotatable bonds is 4. The largest absolute Gasteiger partial charge is 0.293 e. The molecule has 0 aliphatic rings. The molecule has 144 valence electrons. The summed E-state index contributed by atoms with van der Waals surface area (Å²) >= 11 is 12.4. The van der Waals surface area contributed by atoms with E-state index in [1.165, 1.54) is 4.52 Å². The molecule has 0 radical (unpaired) electrons. The summed E-state index contributed by atoms with van der Waals surface area (Å²) in [5, 5.41) is 13.0. The summed E-state index contributed by atoms with van der Waals surface area (Å²) in [6, 6.07) is 16.3. The number of hydrogen-bond acceptors (Lipinski definition) is 3. The maximum Gasteiger partial charge on any atom is 0.272 e. The number of hydrogen-bond donors (Lipinski definition) is 1. The smallest absolute Gasteiger partial charge is 0.272 e. The van der Waals surface area contributed by atoms with Crippen molar-refractivity contribution in [3.8, 4) is 17.2 Å². The van der Waals surface area contributed by atoms with Crippen LogP contribution in [0.15, 0.2) is 53.3 Å². The highest BCUT2D eigenvalue weighted by Crippen LogP contribution is 2.34. The second kappa shape index (κ2) is 7.75. The minimum absolute atomic E-state index is 0.177. The van der Waals surface area contributed by atoms with Crippen LogP contribution in [0.1, 0.15) is 22.5 Å². The van der Waals surface area contributed by atoms with Crippen LogP contribution >= 0.6 is 23.2 Å². The highest BCUT2D eigenvalue weighted by molar-refractivity contribution is 6.36. The van der Waals surface area contributed by atoms with Gasteiger partial charge in [-0.2, -0.15) is 5.26 Å². The molecule has 0 aliphatic carbocycles.